The highest BCUT2D eigenvalue weighted by Gasteiger charge is 2.13. The van der Waals surface area contributed by atoms with Crippen LogP contribution in [0.4, 0.5) is 28.4 Å². The van der Waals surface area contributed by atoms with Gasteiger partial charge in [-0.25, -0.2) is 0 Å². The fourth-order valence-corrected chi connectivity index (χ4v) is 14.1. The van der Waals surface area contributed by atoms with Gasteiger partial charge in [0.15, 0.2) is 0 Å². The Kier molecular flexibility index (Phi) is 60.4. The first-order valence-electron chi connectivity index (χ1n) is 49.0. The van der Waals surface area contributed by atoms with Gasteiger partial charge >= 0.3 is 0 Å². The Bertz CT molecular complexity index is 5270. The largest absolute Gasteiger partial charge is 0.497 e. The molecule has 5 N–H and O–H groups in total. The zero-order valence-electron chi connectivity index (χ0n) is 85.7. The highest BCUT2D eigenvalue weighted by molar-refractivity contribution is 7.08. The first-order valence-corrected chi connectivity index (χ1v) is 50.0. The molecule has 712 valence electrons. The summed E-state index contributed by atoms with van der Waals surface area (Å²) in [5, 5.41) is 29.1. The number of para-hydroxylation sites is 5. The smallest absolute Gasteiger partial charge is 0.118 e. The summed E-state index contributed by atoms with van der Waals surface area (Å²) in [5.74, 6) is 4.00. The molecule has 0 amide bonds. The van der Waals surface area contributed by atoms with Gasteiger partial charge in [0.05, 0.1) is 7.11 Å². The van der Waals surface area contributed by atoms with E-state index >= 15 is 0 Å². The van der Waals surface area contributed by atoms with Crippen molar-refractivity contribution in [3.8, 4) is 16.9 Å². The Hall–Kier alpha value is -13.8. The molecule has 0 aliphatic carbocycles. The molecule has 16 aromatic carbocycles. The predicted molar refractivity (Wildman–Crippen MR) is 608 cm³/mol. The lowest BCUT2D eigenvalue weighted by atomic mass is 9.89. The van der Waals surface area contributed by atoms with Gasteiger partial charge in [-0.05, 0) is 225 Å². The van der Waals surface area contributed by atoms with E-state index in [2.05, 4.69) is 378 Å². The standard InChI is InChI=1S/C19H16.C15H16.4C13H13N.C10H14O.C8H11N.C7H9N.C7H10S.5C2H6/c1-12(2)16-10-8-15-7-6-13-4-3-5-14-9-11-17(16)19(15)18(13)14;1-12(2)13-8-10-15(11-9-13)14-6-4-3-5-7-14;4*1-3-7-12(8-4-1)11-14-13-9-5-2-6-10-13;1-8(2)9-4-6-10(11-3)7-5-9;1-7(2)8-3-5-9-6-4-8;1-8-7-5-3-2-4-6-7;1-6(2)7-3-4-8-5-7;5*1-2/h3-12H,1-2H3;3-12H,1-2H3;4*1-10,14H,11H2;4-8H,1-3H3;3-7H,1-2H3;2-6,8H,1H3;3-6H,1-2H3;5*1-2H3. The first kappa shape index (κ1) is 115. The molecular weight excluding hydrogens is 1670 g/mol. The lowest BCUT2D eigenvalue weighted by molar-refractivity contribution is 0.414. The molecule has 0 aliphatic rings. The van der Waals surface area contributed by atoms with Crippen LogP contribution in [0.2, 0.25) is 0 Å². The van der Waals surface area contributed by atoms with Crippen molar-refractivity contribution >= 4 is 72.1 Å². The molecule has 0 saturated heterocycles. The highest BCUT2D eigenvalue weighted by atomic mass is 32.1. The number of ether oxygens (including phenoxy) is 1. The number of hydrogen-bond acceptors (Lipinski definition) is 8. The lowest BCUT2D eigenvalue weighted by Crippen LogP contribution is -1.98. The Morgan fingerprint density at radius 2 is 0.529 bits per heavy atom. The van der Waals surface area contributed by atoms with E-state index in [-0.39, 0.29) is 0 Å². The van der Waals surface area contributed by atoms with Gasteiger partial charge in [-0.3, -0.25) is 4.98 Å². The molecule has 0 saturated carbocycles. The maximum atomic E-state index is 5.05. The number of pyridine rings is 1. The van der Waals surface area contributed by atoms with E-state index in [9.17, 15) is 0 Å². The summed E-state index contributed by atoms with van der Waals surface area (Å²) in [6, 6.07) is 146. The molecule has 136 heavy (non-hydrogen) atoms. The van der Waals surface area contributed by atoms with Crippen LogP contribution in [0.15, 0.2) is 448 Å². The summed E-state index contributed by atoms with van der Waals surface area (Å²) in [6.45, 7) is 45.6. The van der Waals surface area contributed by atoms with Crippen molar-refractivity contribution in [2.45, 2.75) is 194 Å². The minimum absolute atomic E-state index is 0.560. The number of thiophene rings is 1. The van der Waals surface area contributed by atoms with Crippen LogP contribution in [0.5, 0.6) is 5.75 Å². The van der Waals surface area contributed by atoms with E-state index in [4.69, 9.17) is 4.74 Å². The summed E-state index contributed by atoms with van der Waals surface area (Å²) in [7, 11) is 3.60. The van der Waals surface area contributed by atoms with Crippen LogP contribution in [0.3, 0.4) is 0 Å². The highest BCUT2D eigenvalue weighted by Crippen LogP contribution is 2.38. The van der Waals surface area contributed by atoms with Crippen LogP contribution < -0.4 is 31.3 Å². The van der Waals surface area contributed by atoms with Gasteiger partial charge in [-0.2, -0.15) is 11.3 Å². The average molecular weight is 1830 g/mol. The monoisotopic (exact) mass is 1830 g/mol. The number of nitrogens with zero attached hydrogens (tertiary/aromatic N) is 1. The van der Waals surface area contributed by atoms with Gasteiger partial charge < -0.3 is 31.3 Å². The Morgan fingerprint density at radius 1 is 0.250 bits per heavy atom. The molecule has 2 aromatic heterocycles. The van der Waals surface area contributed by atoms with Crippen molar-refractivity contribution in [1.82, 2.24) is 4.98 Å². The average Bonchev–Trinajstić information content (AvgIpc) is 0.777. The number of nitrogens with one attached hydrogen (secondary N) is 5. The maximum Gasteiger partial charge on any atom is 0.118 e. The molecule has 2 heterocycles. The fraction of sp³-hybridized carbons (Fsp3) is 0.242. The Labute approximate surface area is 825 Å². The number of benzene rings is 16. The number of methoxy groups -OCH3 is 1. The second kappa shape index (κ2) is 71.8. The van der Waals surface area contributed by atoms with Crippen molar-refractivity contribution in [2.75, 3.05) is 40.7 Å². The maximum absolute atomic E-state index is 5.05. The first-order chi connectivity index (χ1) is 66.6. The van der Waals surface area contributed by atoms with Crippen LogP contribution in [0.25, 0.3) is 43.4 Å². The second-order valence-corrected chi connectivity index (χ2v) is 32.6. The van der Waals surface area contributed by atoms with Gasteiger partial charge in [0.1, 0.15) is 5.75 Å². The summed E-state index contributed by atoms with van der Waals surface area (Å²) >= 11 is 1.77. The zero-order chi connectivity index (χ0) is 99.0. The van der Waals surface area contributed by atoms with E-state index in [0.717, 1.165) is 60.4 Å². The van der Waals surface area contributed by atoms with Crippen LogP contribution >= 0.6 is 11.3 Å². The minimum Gasteiger partial charge on any atom is -0.497 e. The van der Waals surface area contributed by atoms with Gasteiger partial charge in [0.2, 0.25) is 0 Å². The summed E-state index contributed by atoms with van der Waals surface area (Å²) in [6.07, 6.45) is 3.66. The number of anilines is 5. The normalized spacial score (nSPS) is 9.70. The van der Waals surface area contributed by atoms with Crippen LogP contribution in [-0.2, 0) is 26.2 Å². The number of rotatable bonds is 20. The van der Waals surface area contributed by atoms with Crippen molar-refractivity contribution < 1.29 is 4.74 Å². The summed E-state index contributed by atoms with van der Waals surface area (Å²) in [5.41, 5.74) is 20.6. The third-order valence-electron chi connectivity index (χ3n) is 20.7. The topological polar surface area (TPSA) is 82.3 Å². The molecular formula is C128H158N6OS. The molecule has 0 fully saturated rings. The molecule has 0 aliphatic heterocycles. The van der Waals surface area contributed by atoms with Crippen molar-refractivity contribution in [3.05, 3.63) is 498 Å². The second-order valence-electron chi connectivity index (χ2n) is 31.8. The van der Waals surface area contributed by atoms with Gasteiger partial charge in [0, 0.05) is 74.1 Å². The van der Waals surface area contributed by atoms with Gasteiger partial charge in [-0.1, -0.05) is 472 Å². The molecule has 0 bridgehead atoms. The predicted octanol–water partition coefficient (Wildman–Crippen LogP) is 38.1. The molecule has 0 spiro atoms. The number of hydrogen-bond donors (Lipinski definition) is 5. The summed E-state index contributed by atoms with van der Waals surface area (Å²) < 4.78 is 5.05. The van der Waals surface area contributed by atoms with E-state index in [1.807, 2.05) is 246 Å². The SMILES string of the molecule is CC.CC.CC.CC.CC.CC(C)c1ccc(-c2ccccc2)cc1.CC(C)c1ccc2ccc3cccc4ccc1c2c34.CC(C)c1ccncc1.CC(C)c1ccsc1.CNc1ccccc1.COc1ccc(C(C)C)cc1.c1ccc(CNc2ccccc2)cc1.c1ccc(CNc2ccccc2)cc1.c1ccc(CNc2ccccc2)cc1.c1ccc(CNc2ccccc2)cc1. The molecule has 18 rings (SSSR count). The van der Waals surface area contributed by atoms with Crippen molar-refractivity contribution in [1.29, 1.82) is 0 Å². The fourth-order valence-electron chi connectivity index (χ4n) is 13.3. The van der Waals surface area contributed by atoms with E-state index in [0.29, 0.717) is 29.6 Å². The van der Waals surface area contributed by atoms with E-state index < -0.39 is 0 Å². The van der Waals surface area contributed by atoms with Crippen LogP contribution in [-0.4, -0.2) is 19.1 Å². The van der Waals surface area contributed by atoms with Gasteiger partial charge in [-0.15, -0.1) is 0 Å². The molecule has 0 atom stereocenters. The molecule has 8 heteroatoms. The number of aromatic nitrogens is 1. The Morgan fingerprint density at radius 3 is 0.809 bits per heavy atom. The molecule has 7 nitrogen and oxygen atoms in total. The van der Waals surface area contributed by atoms with Crippen LogP contribution in [0, 0.1) is 0 Å². The quantitative estimate of drug-likeness (QED) is 0.0487. The molecule has 0 radical (unpaired) electrons. The van der Waals surface area contributed by atoms with Crippen molar-refractivity contribution in [3.63, 3.8) is 0 Å². The van der Waals surface area contributed by atoms with Gasteiger partial charge in [0.25, 0.3) is 0 Å². The third-order valence-corrected chi connectivity index (χ3v) is 21.5. The van der Waals surface area contributed by atoms with Crippen LogP contribution in [0.1, 0.15) is 218 Å². The lowest BCUT2D eigenvalue weighted by Gasteiger charge is -2.15. The molecule has 0 unspecified atom stereocenters. The summed E-state index contributed by atoms with van der Waals surface area (Å²) in [4.78, 5) is 3.93. The Balaban J connectivity index is 0.000000315. The van der Waals surface area contributed by atoms with Crippen molar-refractivity contribution in [2.24, 2.45) is 0 Å². The zero-order valence-corrected chi connectivity index (χ0v) is 86.5. The van der Waals surface area contributed by atoms with E-state index in [1.165, 1.54) is 93.5 Å². The molecule has 18 aromatic rings. The minimum atomic E-state index is 0.560. The van der Waals surface area contributed by atoms with E-state index in [1.54, 1.807) is 18.4 Å². The third kappa shape index (κ3) is 45.3.